The minimum atomic E-state index is -1.61. The molecule has 0 N–H and O–H groups in total. The second-order valence-electron chi connectivity index (χ2n) is 4.27. The lowest BCUT2D eigenvalue weighted by molar-refractivity contribution is 0.424. The lowest BCUT2D eigenvalue weighted by atomic mass is 9.99. The summed E-state index contributed by atoms with van der Waals surface area (Å²) >= 11 is 0. The summed E-state index contributed by atoms with van der Waals surface area (Å²) in [6.07, 6.45) is -1.35. The van der Waals surface area contributed by atoms with E-state index in [0.29, 0.717) is 5.56 Å². The van der Waals surface area contributed by atoms with Gasteiger partial charge in [-0.15, -0.1) is 0 Å². The maximum Gasteiger partial charge on any atom is 0.274 e. The summed E-state index contributed by atoms with van der Waals surface area (Å²) in [5.74, 6) is 0. The van der Waals surface area contributed by atoms with Crippen LogP contribution in [0.4, 0.5) is 8.78 Å². The summed E-state index contributed by atoms with van der Waals surface area (Å²) in [5, 5.41) is 0. The van der Waals surface area contributed by atoms with E-state index in [-0.39, 0.29) is 12.0 Å². The Morgan fingerprint density at radius 1 is 0.889 bits per heavy atom. The average Bonchev–Trinajstić information content (AvgIpc) is 2.38. The molecule has 0 atom stereocenters. The Balaban J connectivity index is 2.29. The van der Waals surface area contributed by atoms with Gasteiger partial charge >= 0.3 is 0 Å². The first-order valence-electron chi connectivity index (χ1n) is 5.82. The number of aryl methyl sites for hydroxylation is 1. The van der Waals surface area contributed by atoms with Crippen molar-refractivity contribution < 1.29 is 8.78 Å². The highest BCUT2D eigenvalue weighted by molar-refractivity contribution is 5.68. The SMILES string of the molecule is Cc1ccc(CC(=C(F)F)c2ccccc2)cc1. The number of hydrogen-bond donors (Lipinski definition) is 0. The van der Waals surface area contributed by atoms with Crippen LogP contribution in [0.3, 0.4) is 0 Å². The van der Waals surface area contributed by atoms with Gasteiger partial charge in [0.15, 0.2) is 0 Å². The highest BCUT2D eigenvalue weighted by Crippen LogP contribution is 2.25. The van der Waals surface area contributed by atoms with Crippen LogP contribution in [-0.2, 0) is 6.42 Å². The van der Waals surface area contributed by atoms with Gasteiger partial charge < -0.3 is 0 Å². The molecule has 0 amide bonds. The van der Waals surface area contributed by atoms with Crippen molar-refractivity contribution in [2.75, 3.05) is 0 Å². The summed E-state index contributed by atoms with van der Waals surface area (Å²) in [6.45, 7) is 1.98. The fraction of sp³-hybridized carbons (Fsp3) is 0.125. The summed E-state index contributed by atoms with van der Waals surface area (Å²) in [4.78, 5) is 0. The third-order valence-corrected chi connectivity index (χ3v) is 2.85. The predicted molar refractivity (Wildman–Crippen MR) is 70.5 cm³/mol. The van der Waals surface area contributed by atoms with Crippen molar-refractivity contribution in [2.45, 2.75) is 13.3 Å². The van der Waals surface area contributed by atoms with Crippen molar-refractivity contribution in [3.05, 3.63) is 77.4 Å². The number of allylic oxidation sites excluding steroid dienone is 1. The van der Waals surface area contributed by atoms with Gasteiger partial charge in [0.05, 0.1) is 0 Å². The van der Waals surface area contributed by atoms with E-state index in [4.69, 9.17) is 0 Å². The van der Waals surface area contributed by atoms with E-state index < -0.39 is 6.08 Å². The van der Waals surface area contributed by atoms with Gasteiger partial charge in [0.1, 0.15) is 0 Å². The Morgan fingerprint density at radius 3 is 2.06 bits per heavy atom. The van der Waals surface area contributed by atoms with Crippen LogP contribution in [0.15, 0.2) is 60.7 Å². The molecule has 2 heteroatoms. The van der Waals surface area contributed by atoms with Gasteiger partial charge in [-0.25, -0.2) is 0 Å². The molecule has 0 unspecified atom stereocenters. The van der Waals surface area contributed by atoms with Crippen molar-refractivity contribution in [3.8, 4) is 0 Å². The van der Waals surface area contributed by atoms with Gasteiger partial charge in [-0.1, -0.05) is 60.2 Å². The normalized spacial score (nSPS) is 10.2. The quantitative estimate of drug-likeness (QED) is 0.724. The molecule has 0 saturated heterocycles. The van der Waals surface area contributed by atoms with E-state index in [1.165, 1.54) is 0 Å². The van der Waals surface area contributed by atoms with Crippen LogP contribution in [0, 0.1) is 6.92 Å². The van der Waals surface area contributed by atoms with Gasteiger partial charge in [-0.05, 0) is 18.1 Å². The van der Waals surface area contributed by atoms with Crippen molar-refractivity contribution in [1.82, 2.24) is 0 Å². The zero-order valence-corrected chi connectivity index (χ0v) is 10.2. The lowest BCUT2D eigenvalue weighted by Gasteiger charge is -2.07. The molecule has 0 aromatic heterocycles. The van der Waals surface area contributed by atoms with Crippen LogP contribution in [0.1, 0.15) is 16.7 Å². The van der Waals surface area contributed by atoms with Crippen LogP contribution in [-0.4, -0.2) is 0 Å². The molecule has 0 aliphatic carbocycles. The van der Waals surface area contributed by atoms with Gasteiger partial charge in [-0.2, -0.15) is 8.78 Å². The molecule has 92 valence electrons. The van der Waals surface area contributed by atoms with Crippen molar-refractivity contribution in [3.63, 3.8) is 0 Å². The monoisotopic (exact) mass is 244 g/mol. The standard InChI is InChI=1S/C16H14F2/c1-12-7-9-13(10-8-12)11-15(16(17)18)14-5-3-2-4-6-14/h2-10H,11H2,1H3. The summed E-state index contributed by atoms with van der Waals surface area (Å²) in [5.41, 5.74) is 2.70. The molecule has 0 aliphatic rings. The lowest BCUT2D eigenvalue weighted by Crippen LogP contribution is -1.92. The Morgan fingerprint density at radius 2 is 1.50 bits per heavy atom. The average molecular weight is 244 g/mol. The molecule has 18 heavy (non-hydrogen) atoms. The smallest absolute Gasteiger partial charge is 0.173 e. The Bertz CT molecular complexity index is 535. The molecule has 0 aliphatic heterocycles. The summed E-state index contributed by atoms with van der Waals surface area (Å²) < 4.78 is 26.1. The maximum absolute atomic E-state index is 13.0. The predicted octanol–water partition coefficient (Wildman–Crippen LogP) is 4.85. The fourth-order valence-electron chi connectivity index (χ4n) is 1.83. The molecule has 0 bridgehead atoms. The second-order valence-corrected chi connectivity index (χ2v) is 4.27. The number of hydrogen-bond acceptors (Lipinski definition) is 0. The van der Waals surface area contributed by atoms with E-state index in [1.54, 1.807) is 24.3 Å². The van der Waals surface area contributed by atoms with E-state index in [9.17, 15) is 8.78 Å². The first-order chi connectivity index (χ1) is 8.66. The van der Waals surface area contributed by atoms with E-state index in [2.05, 4.69) is 0 Å². The molecule has 2 rings (SSSR count). The molecule has 0 nitrogen and oxygen atoms in total. The largest absolute Gasteiger partial charge is 0.274 e. The molecular formula is C16H14F2. The number of halogens is 2. The third kappa shape index (κ3) is 3.04. The second kappa shape index (κ2) is 5.58. The molecule has 0 spiro atoms. The molecule has 0 fully saturated rings. The highest BCUT2D eigenvalue weighted by atomic mass is 19.3. The Labute approximate surface area is 106 Å². The first kappa shape index (κ1) is 12.5. The van der Waals surface area contributed by atoms with Gasteiger partial charge in [-0.3, -0.25) is 0 Å². The van der Waals surface area contributed by atoms with Crippen LogP contribution in [0.2, 0.25) is 0 Å². The molecule has 0 saturated carbocycles. The van der Waals surface area contributed by atoms with Crippen molar-refractivity contribution >= 4 is 5.57 Å². The molecule has 0 heterocycles. The van der Waals surface area contributed by atoms with Crippen LogP contribution in [0.25, 0.3) is 5.57 Å². The molecule has 2 aromatic carbocycles. The van der Waals surface area contributed by atoms with E-state index in [1.807, 2.05) is 37.3 Å². The van der Waals surface area contributed by atoms with Crippen LogP contribution in [0.5, 0.6) is 0 Å². The van der Waals surface area contributed by atoms with Crippen molar-refractivity contribution in [2.24, 2.45) is 0 Å². The summed E-state index contributed by atoms with van der Waals surface area (Å²) in [6, 6.07) is 16.4. The highest BCUT2D eigenvalue weighted by Gasteiger charge is 2.09. The molecular weight excluding hydrogens is 230 g/mol. The van der Waals surface area contributed by atoms with Gasteiger partial charge in [0, 0.05) is 12.0 Å². The Hall–Kier alpha value is -1.96. The van der Waals surface area contributed by atoms with Crippen molar-refractivity contribution in [1.29, 1.82) is 0 Å². The van der Waals surface area contributed by atoms with E-state index in [0.717, 1.165) is 11.1 Å². The van der Waals surface area contributed by atoms with Gasteiger partial charge in [0.25, 0.3) is 6.08 Å². The van der Waals surface area contributed by atoms with Gasteiger partial charge in [0.2, 0.25) is 0 Å². The topological polar surface area (TPSA) is 0 Å². The van der Waals surface area contributed by atoms with E-state index >= 15 is 0 Å². The minimum absolute atomic E-state index is 0.0967. The molecule has 0 radical (unpaired) electrons. The minimum Gasteiger partial charge on any atom is -0.173 e. The zero-order valence-electron chi connectivity index (χ0n) is 10.2. The van der Waals surface area contributed by atoms with Crippen LogP contribution < -0.4 is 0 Å². The Kier molecular flexibility index (Phi) is 3.88. The van der Waals surface area contributed by atoms with Crippen LogP contribution >= 0.6 is 0 Å². The summed E-state index contributed by atoms with van der Waals surface area (Å²) in [7, 11) is 0. The number of benzene rings is 2. The fourth-order valence-corrected chi connectivity index (χ4v) is 1.83. The third-order valence-electron chi connectivity index (χ3n) is 2.85. The zero-order chi connectivity index (χ0) is 13.0. The number of rotatable bonds is 3. The maximum atomic E-state index is 13.0. The molecule has 2 aromatic rings. The first-order valence-corrected chi connectivity index (χ1v) is 5.82.